The number of anilines is 1. The zero-order chi connectivity index (χ0) is 13.9. The minimum atomic E-state index is -0.246. The van der Waals surface area contributed by atoms with Gasteiger partial charge in [-0.05, 0) is 19.1 Å². The lowest BCUT2D eigenvalue weighted by Crippen LogP contribution is -2.49. The highest BCUT2D eigenvalue weighted by molar-refractivity contribution is 5.74. The summed E-state index contributed by atoms with van der Waals surface area (Å²) in [5.41, 5.74) is 1.64. The van der Waals surface area contributed by atoms with E-state index in [0.29, 0.717) is 38.8 Å². The fourth-order valence-electron chi connectivity index (χ4n) is 2.29. The van der Waals surface area contributed by atoms with Crippen molar-refractivity contribution in [2.24, 2.45) is 0 Å². The first-order valence-corrected chi connectivity index (χ1v) is 6.80. The van der Waals surface area contributed by atoms with Crippen molar-refractivity contribution < 1.29 is 13.9 Å². The van der Waals surface area contributed by atoms with E-state index in [4.69, 9.17) is 9.15 Å². The summed E-state index contributed by atoms with van der Waals surface area (Å²) in [6.07, 6.45) is -0.246. The molecule has 3 rings (SSSR count). The number of para-hydroxylation sites is 2. The van der Waals surface area contributed by atoms with E-state index in [1.54, 1.807) is 4.90 Å². The van der Waals surface area contributed by atoms with E-state index in [1.807, 2.05) is 31.2 Å². The normalized spacial score (nSPS) is 15.7. The van der Waals surface area contributed by atoms with E-state index in [-0.39, 0.29) is 6.09 Å². The first-order valence-electron chi connectivity index (χ1n) is 6.80. The maximum absolute atomic E-state index is 11.6. The Labute approximate surface area is 116 Å². The summed E-state index contributed by atoms with van der Waals surface area (Å²) >= 11 is 0. The van der Waals surface area contributed by atoms with Gasteiger partial charge in [-0.15, -0.1) is 0 Å². The van der Waals surface area contributed by atoms with Crippen molar-refractivity contribution >= 4 is 23.2 Å². The maximum Gasteiger partial charge on any atom is 0.409 e. The number of ether oxygens (including phenoxy) is 1. The Balaban J connectivity index is 1.67. The molecule has 1 aromatic heterocycles. The average molecular weight is 275 g/mol. The summed E-state index contributed by atoms with van der Waals surface area (Å²) in [7, 11) is 0. The highest BCUT2D eigenvalue weighted by Crippen LogP contribution is 2.22. The van der Waals surface area contributed by atoms with Gasteiger partial charge in [0.25, 0.3) is 6.01 Å². The molecular formula is C14H17N3O3. The molecule has 20 heavy (non-hydrogen) atoms. The number of hydrogen-bond donors (Lipinski definition) is 0. The van der Waals surface area contributed by atoms with E-state index in [1.165, 1.54) is 0 Å². The van der Waals surface area contributed by atoms with Crippen molar-refractivity contribution in [1.29, 1.82) is 0 Å². The quantitative estimate of drug-likeness (QED) is 0.840. The summed E-state index contributed by atoms with van der Waals surface area (Å²) in [5.74, 6) is 0. The van der Waals surface area contributed by atoms with E-state index >= 15 is 0 Å². The Hall–Kier alpha value is -2.24. The number of oxazole rings is 1. The largest absolute Gasteiger partial charge is 0.450 e. The number of piperazine rings is 1. The second-order valence-corrected chi connectivity index (χ2v) is 4.64. The van der Waals surface area contributed by atoms with Crippen LogP contribution in [0.2, 0.25) is 0 Å². The first kappa shape index (κ1) is 12.8. The van der Waals surface area contributed by atoms with Gasteiger partial charge in [-0.25, -0.2) is 4.79 Å². The molecule has 0 unspecified atom stereocenters. The zero-order valence-corrected chi connectivity index (χ0v) is 11.4. The highest BCUT2D eigenvalue weighted by atomic mass is 16.6. The van der Waals surface area contributed by atoms with Gasteiger partial charge in [0, 0.05) is 26.2 Å². The fourth-order valence-corrected chi connectivity index (χ4v) is 2.29. The second kappa shape index (κ2) is 5.40. The fraction of sp³-hybridized carbons (Fsp3) is 0.429. The molecule has 1 aliphatic heterocycles. The van der Waals surface area contributed by atoms with Crippen molar-refractivity contribution in [3.8, 4) is 0 Å². The van der Waals surface area contributed by atoms with Crippen LogP contribution in [-0.2, 0) is 4.74 Å². The highest BCUT2D eigenvalue weighted by Gasteiger charge is 2.24. The van der Waals surface area contributed by atoms with Crippen LogP contribution in [0.3, 0.4) is 0 Å². The third-order valence-electron chi connectivity index (χ3n) is 3.36. The standard InChI is InChI=1S/C14H17N3O3/c1-2-19-14(18)17-9-7-16(8-10-17)13-15-11-5-3-4-6-12(11)20-13/h3-6H,2,7-10H2,1H3. The number of amides is 1. The number of carbonyl (C=O) groups is 1. The molecule has 1 aromatic carbocycles. The van der Waals surface area contributed by atoms with Crippen LogP contribution in [0, 0.1) is 0 Å². The Morgan fingerprint density at radius 2 is 2.05 bits per heavy atom. The van der Waals surface area contributed by atoms with Gasteiger partial charge in [-0.3, -0.25) is 0 Å². The van der Waals surface area contributed by atoms with Gasteiger partial charge >= 0.3 is 6.09 Å². The average Bonchev–Trinajstić information content (AvgIpc) is 2.91. The van der Waals surface area contributed by atoms with Gasteiger partial charge in [-0.1, -0.05) is 12.1 Å². The molecule has 0 bridgehead atoms. The Morgan fingerprint density at radius 3 is 2.75 bits per heavy atom. The van der Waals surface area contributed by atoms with Gasteiger partial charge in [0.15, 0.2) is 5.58 Å². The summed E-state index contributed by atoms with van der Waals surface area (Å²) in [6.45, 7) is 4.86. The molecule has 1 fully saturated rings. The molecule has 0 atom stereocenters. The molecule has 106 valence electrons. The smallest absolute Gasteiger partial charge is 0.409 e. The van der Waals surface area contributed by atoms with E-state index in [2.05, 4.69) is 9.88 Å². The van der Waals surface area contributed by atoms with Crippen molar-refractivity contribution in [1.82, 2.24) is 9.88 Å². The Bertz CT molecular complexity index is 569. The Kier molecular flexibility index (Phi) is 3.45. The maximum atomic E-state index is 11.6. The minimum absolute atomic E-state index is 0.246. The van der Waals surface area contributed by atoms with Crippen LogP contribution in [0.1, 0.15) is 6.92 Å². The summed E-state index contributed by atoms with van der Waals surface area (Å²) < 4.78 is 10.7. The third kappa shape index (κ3) is 2.41. The monoisotopic (exact) mass is 275 g/mol. The SMILES string of the molecule is CCOC(=O)N1CCN(c2nc3ccccc3o2)CC1. The molecule has 1 saturated heterocycles. The molecule has 0 radical (unpaired) electrons. The number of benzene rings is 1. The number of nitrogens with zero attached hydrogens (tertiary/aromatic N) is 3. The lowest BCUT2D eigenvalue weighted by molar-refractivity contribution is 0.104. The van der Waals surface area contributed by atoms with Crippen LogP contribution in [-0.4, -0.2) is 48.8 Å². The molecule has 1 amide bonds. The van der Waals surface area contributed by atoms with E-state index < -0.39 is 0 Å². The van der Waals surface area contributed by atoms with Gasteiger partial charge < -0.3 is 19.0 Å². The number of hydrogen-bond acceptors (Lipinski definition) is 5. The lowest BCUT2D eigenvalue weighted by atomic mass is 10.3. The molecule has 6 nitrogen and oxygen atoms in total. The van der Waals surface area contributed by atoms with Crippen LogP contribution in [0.25, 0.3) is 11.1 Å². The summed E-state index contributed by atoms with van der Waals surface area (Å²) in [4.78, 5) is 19.9. The first-order chi connectivity index (χ1) is 9.78. The third-order valence-corrected chi connectivity index (χ3v) is 3.36. The van der Waals surface area contributed by atoms with E-state index in [9.17, 15) is 4.79 Å². The second-order valence-electron chi connectivity index (χ2n) is 4.64. The van der Waals surface area contributed by atoms with Crippen molar-refractivity contribution in [3.05, 3.63) is 24.3 Å². The molecule has 0 saturated carbocycles. The minimum Gasteiger partial charge on any atom is -0.450 e. The number of rotatable bonds is 2. The predicted molar refractivity (Wildman–Crippen MR) is 74.8 cm³/mol. The molecular weight excluding hydrogens is 258 g/mol. The van der Waals surface area contributed by atoms with Gasteiger partial charge in [-0.2, -0.15) is 4.98 Å². The van der Waals surface area contributed by atoms with Crippen molar-refractivity contribution in [2.45, 2.75) is 6.92 Å². The molecule has 0 spiro atoms. The number of carbonyl (C=O) groups excluding carboxylic acids is 1. The molecule has 2 heterocycles. The lowest BCUT2D eigenvalue weighted by Gasteiger charge is -2.32. The topological polar surface area (TPSA) is 58.8 Å². The van der Waals surface area contributed by atoms with E-state index in [0.717, 1.165) is 11.1 Å². The molecule has 0 N–H and O–H groups in total. The van der Waals surface area contributed by atoms with Crippen LogP contribution >= 0.6 is 0 Å². The summed E-state index contributed by atoms with van der Waals surface area (Å²) in [6, 6.07) is 8.32. The van der Waals surface area contributed by atoms with Gasteiger partial charge in [0.05, 0.1) is 6.61 Å². The van der Waals surface area contributed by atoms with Crippen LogP contribution in [0.5, 0.6) is 0 Å². The zero-order valence-electron chi connectivity index (χ0n) is 11.4. The number of fused-ring (bicyclic) bond motifs is 1. The molecule has 2 aromatic rings. The van der Waals surface area contributed by atoms with Crippen molar-refractivity contribution in [2.75, 3.05) is 37.7 Å². The van der Waals surface area contributed by atoms with Crippen LogP contribution < -0.4 is 4.90 Å². The molecule has 0 aliphatic carbocycles. The van der Waals surface area contributed by atoms with Crippen LogP contribution in [0.4, 0.5) is 10.8 Å². The predicted octanol–water partition coefficient (Wildman–Crippen LogP) is 2.11. The molecule has 6 heteroatoms. The van der Waals surface area contributed by atoms with Gasteiger partial charge in [0.2, 0.25) is 0 Å². The Morgan fingerprint density at radius 1 is 1.30 bits per heavy atom. The van der Waals surface area contributed by atoms with Crippen molar-refractivity contribution in [3.63, 3.8) is 0 Å². The van der Waals surface area contributed by atoms with Gasteiger partial charge in [0.1, 0.15) is 5.52 Å². The number of aromatic nitrogens is 1. The van der Waals surface area contributed by atoms with Crippen LogP contribution in [0.15, 0.2) is 28.7 Å². The molecule has 1 aliphatic rings. The summed E-state index contributed by atoms with van der Waals surface area (Å²) in [5, 5.41) is 0.